The third-order valence-corrected chi connectivity index (χ3v) is 4.55. The summed E-state index contributed by atoms with van der Waals surface area (Å²) in [7, 11) is 0. The molecule has 0 amide bonds. The predicted octanol–water partition coefficient (Wildman–Crippen LogP) is 2.49. The van der Waals surface area contributed by atoms with Gasteiger partial charge in [-0.3, -0.25) is 9.25 Å². The molecule has 3 rings (SSSR count). The third kappa shape index (κ3) is 2.77. The SMILES string of the molecule is Cc1nn(Cc2n[nH]c(=O)n2[C@H](C)c2ccc(F)cc2)c(C)c1C. The monoisotopic (exact) mass is 329 g/mol. The molecule has 2 aromatic heterocycles. The first-order valence-electron chi connectivity index (χ1n) is 7.80. The maximum absolute atomic E-state index is 13.1. The van der Waals surface area contributed by atoms with Crippen LogP contribution in [-0.4, -0.2) is 24.5 Å². The summed E-state index contributed by atoms with van der Waals surface area (Å²) in [5.74, 6) is 0.284. The number of H-pyrrole nitrogens is 1. The molecular weight excluding hydrogens is 309 g/mol. The minimum Gasteiger partial charge on any atom is -0.270 e. The molecule has 0 aliphatic heterocycles. The summed E-state index contributed by atoms with van der Waals surface area (Å²) in [6.45, 7) is 8.25. The Bertz CT molecular complexity index is 920. The highest BCUT2D eigenvalue weighted by Crippen LogP contribution is 2.19. The van der Waals surface area contributed by atoms with Gasteiger partial charge in [0.05, 0.1) is 11.7 Å². The van der Waals surface area contributed by atoms with E-state index in [1.54, 1.807) is 16.7 Å². The zero-order chi connectivity index (χ0) is 17.4. The van der Waals surface area contributed by atoms with E-state index in [0.717, 1.165) is 22.5 Å². The van der Waals surface area contributed by atoms with E-state index < -0.39 is 0 Å². The van der Waals surface area contributed by atoms with Gasteiger partial charge in [-0.25, -0.2) is 14.3 Å². The number of nitrogens with one attached hydrogen (secondary N) is 1. The van der Waals surface area contributed by atoms with Gasteiger partial charge in [0.15, 0.2) is 5.82 Å². The van der Waals surface area contributed by atoms with E-state index in [-0.39, 0.29) is 17.5 Å². The van der Waals surface area contributed by atoms with E-state index in [0.29, 0.717) is 12.4 Å². The molecule has 0 bridgehead atoms. The van der Waals surface area contributed by atoms with Crippen LogP contribution in [0.2, 0.25) is 0 Å². The van der Waals surface area contributed by atoms with E-state index in [1.165, 1.54) is 12.1 Å². The summed E-state index contributed by atoms with van der Waals surface area (Å²) in [6.07, 6.45) is 0. The minimum atomic E-state index is -0.302. The van der Waals surface area contributed by atoms with Crippen molar-refractivity contribution >= 4 is 0 Å². The topological polar surface area (TPSA) is 68.5 Å². The zero-order valence-corrected chi connectivity index (χ0v) is 14.2. The molecular formula is C17H20FN5O. The van der Waals surface area contributed by atoms with Crippen molar-refractivity contribution in [1.82, 2.24) is 24.5 Å². The molecule has 1 aromatic carbocycles. The van der Waals surface area contributed by atoms with Crippen LogP contribution in [0.3, 0.4) is 0 Å². The van der Waals surface area contributed by atoms with Gasteiger partial charge in [0, 0.05) is 5.69 Å². The number of aryl methyl sites for hydroxylation is 1. The lowest BCUT2D eigenvalue weighted by atomic mass is 10.1. The quantitative estimate of drug-likeness (QED) is 0.799. The average molecular weight is 329 g/mol. The first-order chi connectivity index (χ1) is 11.4. The van der Waals surface area contributed by atoms with Gasteiger partial charge in [-0.1, -0.05) is 12.1 Å². The van der Waals surface area contributed by atoms with Crippen LogP contribution in [0.4, 0.5) is 4.39 Å². The molecule has 0 fully saturated rings. The fraction of sp³-hybridized carbons (Fsp3) is 0.353. The Morgan fingerprint density at radius 1 is 1.21 bits per heavy atom. The van der Waals surface area contributed by atoms with E-state index in [2.05, 4.69) is 15.3 Å². The van der Waals surface area contributed by atoms with Gasteiger partial charge in [0.1, 0.15) is 12.4 Å². The number of nitrogens with zero attached hydrogens (tertiary/aromatic N) is 4. The van der Waals surface area contributed by atoms with Crippen LogP contribution in [0, 0.1) is 26.6 Å². The Kier molecular flexibility index (Phi) is 4.09. The fourth-order valence-corrected chi connectivity index (χ4v) is 2.81. The predicted molar refractivity (Wildman–Crippen MR) is 88.6 cm³/mol. The summed E-state index contributed by atoms with van der Waals surface area (Å²) in [4.78, 5) is 12.2. The minimum absolute atomic E-state index is 0.259. The van der Waals surface area contributed by atoms with Crippen molar-refractivity contribution in [2.45, 2.75) is 40.3 Å². The number of hydrogen-bond acceptors (Lipinski definition) is 3. The van der Waals surface area contributed by atoms with Crippen molar-refractivity contribution < 1.29 is 4.39 Å². The van der Waals surface area contributed by atoms with Gasteiger partial charge in [0.2, 0.25) is 0 Å². The highest BCUT2D eigenvalue weighted by molar-refractivity contribution is 5.23. The molecule has 0 unspecified atom stereocenters. The van der Waals surface area contributed by atoms with Crippen LogP contribution >= 0.6 is 0 Å². The molecule has 0 aliphatic carbocycles. The summed E-state index contributed by atoms with van der Waals surface area (Å²) >= 11 is 0. The maximum atomic E-state index is 13.1. The van der Waals surface area contributed by atoms with Crippen molar-refractivity contribution in [3.8, 4) is 0 Å². The Labute approximate surface area is 138 Å². The second-order valence-corrected chi connectivity index (χ2v) is 6.00. The van der Waals surface area contributed by atoms with E-state index >= 15 is 0 Å². The summed E-state index contributed by atoms with van der Waals surface area (Å²) in [5.41, 5.74) is 3.68. The molecule has 7 heteroatoms. The van der Waals surface area contributed by atoms with Crippen LogP contribution in [0.1, 0.15) is 41.3 Å². The lowest BCUT2D eigenvalue weighted by Gasteiger charge is -2.15. The second-order valence-electron chi connectivity index (χ2n) is 6.00. The van der Waals surface area contributed by atoms with Crippen molar-refractivity contribution in [2.75, 3.05) is 0 Å². The lowest BCUT2D eigenvalue weighted by Crippen LogP contribution is -2.24. The maximum Gasteiger partial charge on any atom is 0.343 e. The van der Waals surface area contributed by atoms with Crippen molar-refractivity contribution in [1.29, 1.82) is 0 Å². The van der Waals surface area contributed by atoms with Gasteiger partial charge < -0.3 is 0 Å². The number of benzene rings is 1. The van der Waals surface area contributed by atoms with Gasteiger partial charge in [-0.2, -0.15) is 10.2 Å². The second kappa shape index (κ2) is 6.07. The zero-order valence-electron chi connectivity index (χ0n) is 14.2. The summed E-state index contributed by atoms with van der Waals surface area (Å²) in [5, 5.41) is 11.1. The Morgan fingerprint density at radius 2 is 1.88 bits per heavy atom. The van der Waals surface area contributed by atoms with E-state index in [1.807, 2.05) is 32.4 Å². The normalized spacial score (nSPS) is 12.5. The van der Waals surface area contributed by atoms with E-state index in [4.69, 9.17) is 0 Å². The Hall–Kier alpha value is -2.70. The van der Waals surface area contributed by atoms with Gasteiger partial charge in [0.25, 0.3) is 0 Å². The molecule has 0 radical (unpaired) electrons. The summed E-state index contributed by atoms with van der Waals surface area (Å²) < 4.78 is 16.5. The highest BCUT2D eigenvalue weighted by Gasteiger charge is 2.18. The molecule has 1 N–H and O–H groups in total. The van der Waals surface area contributed by atoms with Crippen LogP contribution < -0.4 is 5.69 Å². The molecule has 1 atom stereocenters. The van der Waals surface area contributed by atoms with Crippen LogP contribution in [0.5, 0.6) is 0 Å². The molecule has 24 heavy (non-hydrogen) atoms. The number of halogens is 1. The van der Waals surface area contributed by atoms with Gasteiger partial charge in [-0.15, -0.1) is 0 Å². The molecule has 126 valence electrons. The van der Waals surface area contributed by atoms with Gasteiger partial charge >= 0.3 is 5.69 Å². The number of hydrogen-bond donors (Lipinski definition) is 1. The number of rotatable bonds is 4. The van der Waals surface area contributed by atoms with Gasteiger partial charge in [-0.05, 0) is 51.0 Å². The fourth-order valence-electron chi connectivity index (χ4n) is 2.81. The molecule has 0 spiro atoms. The Balaban J connectivity index is 1.98. The average Bonchev–Trinajstić information content (AvgIpc) is 3.03. The van der Waals surface area contributed by atoms with Crippen LogP contribution in [0.25, 0.3) is 0 Å². The first-order valence-corrected chi connectivity index (χ1v) is 7.80. The summed E-state index contributed by atoms with van der Waals surface area (Å²) in [6, 6.07) is 5.87. The van der Waals surface area contributed by atoms with Crippen LogP contribution in [0.15, 0.2) is 29.1 Å². The molecule has 6 nitrogen and oxygen atoms in total. The highest BCUT2D eigenvalue weighted by atomic mass is 19.1. The molecule has 3 aromatic rings. The van der Waals surface area contributed by atoms with Crippen molar-refractivity contribution in [3.05, 3.63) is 68.9 Å². The smallest absolute Gasteiger partial charge is 0.270 e. The molecule has 0 saturated carbocycles. The number of aromatic amines is 1. The molecule has 2 heterocycles. The van der Waals surface area contributed by atoms with Crippen molar-refractivity contribution in [2.24, 2.45) is 0 Å². The van der Waals surface area contributed by atoms with Crippen molar-refractivity contribution in [3.63, 3.8) is 0 Å². The van der Waals surface area contributed by atoms with Crippen LogP contribution in [-0.2, 0) is 6.54 Å². The molecule has 0 saturated heterocycles. The molecule has 0 aliphatic rings. The first kappa shape index (κ1) is 16.2. The lowest BCUT2D eigenvalue weighted by molar-refractivity contribution is 0.542. The third-order valence-electron chi connectivity index (χ3n) is 4.55. The number of aromatic nitrogens is 5. The largest absolute Gasteiger partial charge is 0.343 e. The van der Waals surface area contributed by atoms with E-state index in [9.17, 15) is 9.18 Å². The standard InChI is InChI=1S/C17H20FN5O/c1-10-11(2)21-22(12(10)3)9-16-19-20-17(24)23(16)13(4)14-5-7-15(18)8-6-14/h5-8,13H,9H2,1-4H3,(H,20,24)/t13-/m1/s1. The Morgan fingerprint density at radius 3 is 2.46 bits per heavy atom.